The minimum Gasteiger partial charge on any atom is -0.384 e. The summed E-state index contributed by atoms with van der Waals surface area (Å²) in [6.07, 6.45) is 3.79. The average Bonchev–Trinajstić information content (AvgIpc) is 2.96. The summed E-state index contributed by atoms with van der Waals surface area (Å²) in [6.45, 7) is 3.45. The monoisotopic (exact) mass is 238 g/mol. The van der Waals surface area contributed by atoms with Crippen LogP contribution in [0.15, 0.2) is 6.20 Å². The van der Waals surface area contributed by atoms with Crippen LogP contribution in [0.2, 0.25) is 0 Å². The van der Waals surface area contributed by atoms with Crippen LogP contribution in [-0.2, 0) is 16.9 Å². The molecule has 0 saturated heterocycles. The van der Waals surface area contributed by atoms with E-state index in [4.69, 9.17) is 0 Å². The zero-order chi connectivity index (χ0) is 12.6. The third-order valence-corrected chi connectivity index (χ3v) is 2.95. The number of nitrogens with zero attached hydrogens (tertiary/aromatic N) is 4. The van der Waals surface area contributed by atoms with Gasteiger partial charge in [-0.3, -0.25) is 4.79 Å². The van der Waals surface area contributed by atoms with Gasteiger partial charge in [0.1, 0.15) is 17.8 Å². The van der Waals surface area contributed by atoms with Gasteiger partial charge in [0.2, 0.25) is 5.91 Å². The third-order valence-electron chi connectivity index (χ3n) is 2.95. The van der Waals surface area contributed by atoms with E-state index >= 15 is 0 Å². The molecule has 0 spiro atoms. The van der Waals surface area contributed by atoms with Gasteiger partial charge in [0.15, 0.2) is 0 Å². The van der Waals surface area contributed by atoms with Gasteiger partial charge >= 0.3 is 0 Å². The summed E-state index contributed by atoms with van der Waals surface area (Å²) in [6, 6.07) is 0.403. The summed E-state index contributed by atoms with van der Waals surface area (Å²) in [4.78, 5) is 13.6. The number of aromatic nitrogens is 3. The molecule has 0 bridgehead atoms. The van der Waals surface area contributed by atoms with Crippen molar-refractivity contribution in [2.24, 2.45) is 0 Å². The SMILES string of the molecule is CN(C(=O)Cn1cc(C(C)(C)O)nn1)C1CC1. The molecule has 0 aliphatic heterocycles. The van der Waals surface area contributed by atoms with Crippen molar-refractivity contribution in [3.05, 3.63) is 11.9 Å². The number of carbonyl (C=O) groups is 1. The first-order chi connectivity index (χ1) is 7.88. The van der Waals surface area contributed by atoms with Crippen LogP contribution in [0.1, 0.15) is 32.4 Å². The van der Waals surface area contributed by atoms with Crippen molar-refractivity contribution in [2.75, 3.05) is 7.05 Å². The maximum absolute atomic E-state index is 11.8. The molecule has 1 N–H and O–H groups in total. The second-order valence-corrected chi connectivity index (χ2v) is 5.10. The van der Waals surface area contributed by atoms with Crippen LogP contribution in [-0.4, -0.2) is 44.0 Å². The van der Waals surface area contributed by atoms with Crippen LogP contribution in [0.25, 0.3) is 0 Å². The van der Waals surface area contributed by atoms with Crippen molar-refractivity contribution in [1.82, 2.24) is 19.9 Å². The van der Waals surface area contributed by atoms with Gasteiger partial charge in [-0.15, -0.1) is 5.10 Å². The Morgan fingerprint density at radius 1 is 1.65 bits per heavy atom. The van der Waals surface area contributed by atoms with Gasteiger partial charge in [-0.25, -0.2) is 4.68 Å². The molecule has 0 radical (unpaired) electrons. The summed E-state index contributed by atoms with van der Waals surface area (Å²) in [5.41, 5.74) is -0.552. The molecule has 1 aromatic heterocycles. The normalized spacial score (nSPS) is 16.0. The summed E-state index contributed by atoms with van der Waals surface area (Å²) in [5.74, 6) is 0.0275. The molecule has 1 amide bonds. The molecule has 1 aromatic rings. The summed E-state index contributed by atoms with van der Waals surface area (Å²) >= 11 is 0. The fraction of sp³-hybridized carbons (Fsp3) is 0.727. The van der Waals surface area contributed by atoms with E-state index in [1.54, 1.807) is 24.9 Å². The van der Waals surface area contributed by atoms with E-state index in [-0.39, 0.29) is 12.5 Å². The van der Waals surface area contributed by atoms with Gasteiger partial charge in [0.25, 0.3) is 0 Å². The minimum absolute atomic E-state index is 0.0275. The predicted molar refractivity (Wildman–Crippen MR) is 61.1 cm³/mol. The van der Waals surface area contributed by atoms with E-state index in [0.29, 0.717) is 11.7 Å². The lowest BCUT2D eigenvalue weighted by atomic mass is 10.1. The summed E-state index contributed by atoms with van der Waals surface area (Å²) in [7, 11) is 1.81. The van der Waals surface area contributed by atoms with Crippen molar-refractivity contribution < 1.29 is 9.90 Å². The third kappa shape index (κ3) is 2.82. The minimum atomic E-state index is -1.02. The van der Waals surface area contributed by atoms with E-state index in [2.05, 4.69) is 10.3 Å². The molecule has 0 unspecified atom stereocenters. The molecule has 1 fully saturated rings. The number of amides is 1. The van der Waals surface area contributed by atoms with Crippen LogP contribution >= 0.6 is 0 Å². The Kier molecular flexibility index (Phi) is 2.91. The Hall–Kier alpha value is -1.43. The lowest BCUT2D eigenvalue weighted by molar-refractivity contribution is -0.131. The van der Waals surface area contributed by atoms with Crippen molar-refractivity contribution >= 4 is 5.91 Å². The van der Waals surface area contributed by atoms with E-state index in [1.807, 2.05) is 7.05 Å². The van der Waals surface area contributed by atoms with Crippen molar-refractivity contribution in [1.29, 1.82) is 0 Å². The highest BCUT2D eigenvalue weighted by Gasteiger charge is 2.29. The van der Waals surface area contributed by atoms with Gasteiger partial charge in [0.05, 0.1) is 6.20 Å². The molecule has 0 aromatic carbocycles. The van der Waals surface area contributed by atoms with Gasteiger partial charge < -0.3 is 10.0 Å². The van der Waals surface area contributed by atoms with E-state index in [0.717, 1.165) is 12.8 Å². The molecule has 17 heavy (non-hydrogen) atoms. The average molecular weight is 238 g/mol. The maximum atomic E-state index is 11.8. The number of hydrogen-bond acceptors (Lipinski definition) is 4. The number of hydrogen-bond donors (Lipinski definition) is 1. The lowest BCUT2D eigenvalue weighted by Gasteiger charge is -2.15. The first kappa shape index (κ1) is 12.0. The first-order valence-corrected chi connectivity index (χ1v) is 5.76. The van der Waals surface area contributed by atoms with E-state index in [1.165, 1.54) is 4.68 Å². The van der Waals surface area contributed by atoms with Crippen LogP contribution in [0, 0.1) is 0 Å². The van der Waals surface area contributed by atoms with Crippen LogP contribution in [0.5, 0.6) is 0 Å². The highest BCUT2D eigenvalue weighted by Crippen LogP contribution is 2.25. The van der Waals surface area contributed by atoms with Crippen molar-refractivity contribution in [3.63, 3.8) is 0 Å². The summed E-state index contributed by atoms with van der Waals surface area (Å²) in [5, 5.41) is 17.4. The molecule has 2 rings (SSSR count). The Morgan fingerprint density at radius 3 is 2.76 bits per heavy atom. The highest BCUT2D eigenvalue weighted by atomic mass is 16.3. The summed E-state index contributed by atoms with van der Waals surface area (Å²) < 4.78 is 1.47. The largest absolute Gasteiger partial charge is 0.384 e. The second-order valence-electron chi connectivity index (χ2n) is 5.10. The molecule has 0 atom stereocenters. The molecule has 1 aliphatic carbocycles. The van der Waals surface area contributed by atoms with Crippen LogP contribution in [0.3, 0.4) is 0 Å². The number of aliphatic hydroxyl groups is 1. The quantitative estimate of drug-likeness (QED) is 0.809. The molecular formula is C11H18N4O2. The molecule has 6 heteroatoms. The molecule has 1 heterocycles. The van der Waals surface area contributed by atoms with Crippen LogP contribution < -0.4 is 0 Å². The first-order valence-electron chi connectivity index (χ1n) is 5.76. The number of rotatable bonds is 4. The molecule has 1 aliphatic rings. The Balaban J connectivity index is 1.99. The lowest BCUT2D eigenvalue weighted by Crippen LogP contribution is -2.32. The maximum Gasteiger partial charge on any atom is 0.244 e. The highest BCUT2D eigenvalue weighted by molar-refractivity contribution is 5.76. The zero-order valence-corrected chi connectivity index (χ0v) is 10.4. The van der Waals surface area contributed by atoms with Crippen LogP contribution in [0.4, 0.5) is 0 Å². The van der Waals surface area contributed by atoms with Gasteiger partial charge in [-0.2, -0.15) is 0 Å². The van der Waals surface area contributed by atoms with Gasteiger partial charge in [-0.05, 0) is 26.7 Å². The fourth-order valence-corrected chi connectivity index (χ4v) is 1.57. The second kappa shape index (κ2) is 4.10. The molecule has 94 valence electrons. The number of likely N-dealkylation sites (N-methyl/N-ethyl adjacent to an activating group) is 1. The van der Waals surface area contributed by atoms with E-state index < -0.39 is 5.60 Å². The topological polar surface area (TPSA) is 71.2 Å². The molecule has 6 nitrogen and oxygen atoms in total. The standard InChI is InChI=1S/C11H18N4O2/c1-11(2,17)9-6-15(13-12-9)7-10(16)14(3)8-4-5-8/h6,8,17H,4-5,7H2,1-3H3. The Morgan fingerprint density at radius 2 is 2.29 bits per heavy atom. The Bertz CT molecular complexity index is 417. The molecule has 1 saturated carbocycles. The predicted octanol–water partition coefficient (Wildman–Crippen LogP) is 0.126. The molecular weight excluding hydrogens is 220 g/mol. The van der Waals surface area contributed by atoms with E-state index in [9.17, 15) is 9.90 Å². The van der Waals surface area contributed by atoms with Crippen molar-refractivity contribution in [2.45, 2.75) is 44.9 Å². The van der Waals surface area contributed by atoms with Crippen molar-refractivity contribution in [3.8, 4) is 0 Å². The Labute approximate surface area is 100 Å². The van der Waals surface area contributed by atoms with Gasteiger partial charge in [0, 0.05) is 13.1 Å². The number of carbonyl (C=O) groups excluding carboxylic acids is 1. The smallest absolute Gasteiger partial charge is 0.244 e. The van der Waals surface area contributed by atoms with Gasteiger partial charge in [-0.1, -0.05) is 5.21 Å². The zero-order valence-electron chi connectivity index (χ0n) is 10.4. The fourth-order valence-electron chi connectivity index (χ4n) is 1.57.